The number of oxazole rings is 1. The number of hydrogen-bond acceptors (Lipinski definition) is 7. The van der Waals surface area contributed by atoms with Crippen molar-refractivity contribution < 1.29 is 26.9 Å². The number of alkyl halides is 3. The second-order valence-corrected chi connectivity index (χ2v) is 9.10. The van der Waals surface area contributed by atoms with E-state index in [1.54, 1.807) is 31.2 Å². The van der Waals surface area contributed by atoms with E-state index in [-0.39, 0.29) is 11.9 Å². The third kappa shape index (κ3) is 4.82. The van der Waals surface area contributed by atoms with Crippen molar-refractivity contribution in [1.29, 1.82) is 0 Å². The minimum Gasteiger partial charge on any atom is -0.588 e. The van der Waals surface area contributed by atoms with Gasteiger partial charge in [0, 0.05) is 42.4 Å². The average Bonchev–Trinajstić information content (AvgIpc) is 3.29. The number of nitrogens with one attached hydrogen (secondary N) is 1. The molecule has 2 aromatic carbocycles. The molecule has 0 spiro atoms. The molecule has 11 heteroatoms. The molecular weight excluding hydrogens is 481 g/mol. The summed E-state index contributed by atoms with van der Waals surface area (Å²) in [5, 5.41) is 0. The van der Waals surface area contributed by atoms with E-state index in [0.717, 1.165) is 17.7 Å². The van der Waals surface area contributed by atoms with Gasteiger partial charge in [0.2, 0.25) is 0 Å². The van der Waals surface area contributed by atoms with Crippen LogP contribution in [-0.4, -0.2) is 26.1 Å². The number of benzene rings is 2. The van der Waals surface area contributed by atoms with Gasteiger partial charge < -0.3 is 13.7 Å². The fourth-order valence-corrected chi connectivity index (χ4v) is 4.84. The molecule has 1 aliphatic rings. The normalized spacial score (nSPS) is 16.3. The quantitative estimate of drug-likeness (QED) is 0.361. The van der Waals surface area contributed by atoms with Gasteiger partial charge in [-0.2, -0.15) is 17.9 Å². The SMILES string of the molecule is Cc1nc(-c2cc(C(F)(F)F)ccc2C2CCOc3cc([S+]([O-])Nc4ncccn4)ccc32)co1. The maximum Gasteiger partial charge on any atom is 0.416 e. The number of nitrogens with zero attached hydrogens (tertiary/aromatic N) is 3. The van der Waals surface area contributed by atoms with Crippen LogP contribution in [0, 0.1) is 6.92 Å². The van der Waals surface area contributed by atoms with Gasteiger partial charge in [-0.25, -0.2) is 15.0 Å². The molecule has 180 valence electrons. The van der Waals surface area contributed by atoms with Gasteiger partial charge in [-0.05, 0) is 42.3 Å². The molecule has 7 nitrogen and oxygen atoms in total. The van der Waals surface area contributed by atoms with Crippen molar-refractivity contribution in [3.8, 4) is 17.0 Å². The fourth-order valence-electron chi connectivity index (χ4n) is 4.05. The molecule has 0 saturated heterocycles. The van der Waals surface area contributed by atoms with Crippen LogP contribution in [0.3, 0.4) is 0 Å². The highest BCUT2D eigenvalue weighted by atomic mass is 32.2. The first-order valence-electron chi connectivity index (χ1n) is 10.7. The van der Waals surface area contributed by atoms with Crippen molar-refractivity contribution >= 4 is 17.3 Å². The van der Waals surface area contributed by atoms with Gasteiger partial charge in [-0.15, -0.1) is 0 Å². The Kier molecular flexibility index (Phi) is 6.12. The Hall–Kier alpha value is -3.57. The van der Waals surface area contributed by atoms with Crippen LogP contribution in [0.2, 0.25) is 0 Å². The maximum absolute atomic E-state index is 13.5. The molecule has 0 fully saturated rings. The third-order valence-electron chi connectivity index (χ3n) is 5.64. The van der Waals surface area contributed by atoms with Crippen LogP contribution in [0.1, 0.15) is 34.9 Å². The molecule has 1 N–H and O–H groups in total. The van der Waals surface area contributed by atoms with E-state index in [1.807, 2.05) is 0 Å². The van der Waals surface area contributed by atoms with Gasteiger partial charge in [-0.1, -0.05) is 6.07 Å². The molecule has 0 radical (unpaired) electrons. The van der Waals surface area contributed by atoms with Crippen LogP contribution in [0.25, 0.3) is 11.3 Å². The summed E-state index contributed by atoms with van der Waals surface area (Å²) in [5.41, 5.74) is 1.39. The predicted molar refractivity (Wildman–Crippen MR) is 122 cm³/mol. The van der Waals surface area contributed by atoms with Crippen molar-refractivity contribution in [3.05, 3.63) is 83.7 Å². The van der Waals surface area contributed by atoms with Gasteiger partial charge in [0.05, 0.1) is 12.2 Å². The molecule has 0 bridgehead atoms. The first-order chi connectivity index (χ1) is 16.8. The Morgan fingerprint density at radius 1 is 1.09 bits per heavy atom. The minimum absolute atomic E-state index is 0.222. The van der Waals surface area contributed by atoms with Gasteiger partial charge in [0.1, 0.15) is 29.1 Å². The Morgan fingerprint density at radius 2 is 1.86 bits per heavy atom. The van der Waals surface area contributed by atoms with E-state index < -0.39 is 23.1 Å². The first-order valence-corrected chi connectivity index (χ1v) is 11.8. The summed E-state index contributed by atoms with van der Waals surface area (Å²) in [6.07, 6.45) is 0.489. The summed E-state index contributed by atoms with van der Waals surface area (Å²) in [4.78, 5) is 12.7. The highest BCUT2D eigenvalue weighted by Crippen LogP contribution is 2.44. The third-order valence-corrected chi connectivity index (χ3v) is 6.69. The van der Waals surface area contributed by atoms with Gasteiger partial charge in [-0.3, -0.25) is 0 Å². The molecule has 35 heavy (non-hydrogen) atoms. The molecule has 0 amide bonds. The van der Waals surface area contributed by atoms with Gasteiger partial charge >= 0.3 is 6.18 Å². The van der Waals surface area contributed by atoms with Crippen molar-refractivity contribution in [3.63, 3.8) is 0 Å². The molecule has 2 unspecified atom stereocenters. The summed E-state index contributed by atoms with van der Waals surface area (Å²) < 4.78 is 67.0. The Morgan fingerprint density at radius 3 is 2.57 bits per heavy atom. The lowest BCUT2D eigenvalue weighted by atomic mass is 9.83. The smallest absolute Gasteiger partial charge is 0.416 e. The maximum atomic E-state index is 13.5. The molecule has 3 heterocycles. The zero-order valence-corrected chi connectivity index (χ0v) is 19.2. The molecule has 5 rings (SSSR count). The highest BCUT2D eigenvalue weighted by Gasteiger charge is 2.34. The number of aromatic nitrogens is 3. The van der Waals surface area contributed by atoms with E-state index in [1.165, 1.54) is 24.7 Å². The van der Waals surface area contributed by atoms with Crippen LogP contribution in [0.15, 0.2) is 70.4 Å². The van der Waals surface area contributed by atoms with Crippen molar-refractivity contribution in [2.75, 3.05) is 11.3 Å². The van der Waals surface area contributed by atoms with Crippen LogP contribution >= 0.6 is 0 Å². The number of ether oxygens (including phenoxy) is 1. The number of anilines is 1. The predicted octanol–water partition coefficient (Wildman–Crippen LogP) is 5.51. The molecular formula is C24H19F3N4O3S. The number of halogens is 3. The highest BCUT2D eigenvalue weighted by molar-refractivity contribution is 7.92. The number of hydrogen-bond donors (Lipinski definition) is 1. The van der Waals surface area contributed by atoms with Crippen LogP contribution in [0.5, 0.6) is 5.75 Å². The van der Waals surface area contributed by atoms with Crippen LogP contribution < -0.4 is 9.46 Å². The van der Waals surface area contributed by atoms with Gasteiger partial charge in [0.15, 0.2) is 10.8 Å². The van der Waals surface area contributed by atoms with E-state index in [2.05, 4.69) is 19.7 Å². The minimum atomic E-state index is -4.49. The summed E-state index contributed by atoms with van der Waals surface area (Å²) in [6, 6.07) is 10.5. The zero-order chi connectivity index (χ0) is 24.6. The molecule has 2 aromatic heterocycles. The molecule has 2 atom stereocenters. The van der Waals surface area contributed by atoms with E-state index in [4.69, 9.17) is 9.15 Å². The zero-order valence-electron chi connectivity index (χ0n) is 18.4. The molecule has 4 aromatic rings. The molecule has 1 aliphatic heterocycles. The van der Waals surface area contributed by atoms with Gasteiger partial charge in [0.25, 0.3) is 5.95 Å². The average molecular weight is 501 g/mol. The second kappa shape index (κ2) is 9.23. The number of aryl methyl sites for hydroxylation is 1. The van der Waals surface area contributed by atoms with Crippen molar-refractivity contribution in [2.24, 2.45) is 0 Å². The summed E-state index contributed by atoms with van der Waals surface area (Å²) >= 11 is -1.63. The summed E-state index contributed by atoms with van der Waals surface area (Å²) in [7, 11) is 0. The lowest BCUT2D eigenvalue weighted by Crippen LogP contribution is -2.19. The van der Waals surface area contributed by atoms with E-state index in [0.29, 0.717) is 46.4 Å². The topological polar surface area (TPSA) is 96.1 Å². The molecule has 0 saturated carbocycles. The monoisotopic (exact) mass is 500 g/mol. The summed E-state index contributed by atoms with van der Waals surface area (Å²) in [5.74, 6) is 0.850. The number of rotatable bonds is 5. The Bertz CT molecular complexity index is 1350. The standard InChI is InChI=1S/C24H19F3N4O3S/c1-14-30-21(13-34-14)20-11-15(24(25,26)27)3-5-17(20)18-7-10-33-22-12-16(4-6-19(18)22)35(32)31-23-28-8-2-9-29-23/h2-6,8-9,11-13,18H,7,10H2,1H3,(H,28,29,31). The Labute approximate surface area is 201 Å². The molecule has 0 aliphatic carbocycles. The van der Waals surface area contributed by atoms with Crippen molar-refractivity contribution in [2.45, 2.75) is 30.3 Å². The Balaban J connectivity index is 1.51. The van der Waals surface area contributed by atoms with E-state index >= 15 is 0 Å². The lowest BCUT2D eigenvalue weighted by molar-refractivity contribution is -0.137. The van der Waals surface area contributed by atoms with Crippen LogP contribution in [-0.2, 0) is 17.5 Å². The summed E-state index contributed by atoms with van der Waals surface area (Å²) in [6.45, 7) is 1.98. The lowest BCUT2D eigenvalue weighted by Gasteiger charge is -2.28. The van der Waals surface area contributed by atoms with Crippen LogP contribution in [0.4, 0.5) is 19.1 Å². The van der Waals surface area contributed by atoms with E-state index in [9.17, 15) is 17.7 Å². The first kappa shape index (κ1) is 23.2. The fraction of sp³-hybridized carbons (Fsp3) is 0.208. The number of fused-ring (bicyclic) bond motifs is 1. The van der Waals surface area contributed by atoms with Crippen molar-refractivity contribution in [1.82, 2.24) is 15.0 Å². The second-order valence-electron chi connectivity index (χ2n) is 7.88. The largest absolute Gasteiger partial charge is 0.588 e.